The van der Waals surface area contributed by atoms with Gasteiger partial charge < -0.3 is 24.7 Å². The number of aromatic hydroxyl groups is 1. The number of fused-ring (bicyclic) bond motifs is 1. The van der Waals surface area contributed by atoms with Crippen LogP contribution in [0.1, 0.15) is 21.5 Å². The summed E-state index contributed by atoms with van der Waals surface area (Å²) >= 11 is 0. The molecule has 0 saturated heterocycles. The van der Waals surface area contributed by atoms with Crippen LogP contribution in [-0.2, 0) is 6.42 Å². The van der Waals surface area contributed by atoms with Crippen molar-refractivity contribution in [3.63, 3.8) is 0 Å². The zero-order valence-corrected chi connectivity index (χ0v) is 18.5. The van der Waals surface area contributed by atoms with Crippen LogP contribution in [0.3, 0.4) is 0 Å². The fourth-order valence-corrected chi connectivity index (χ4v) is 3.73. The molecule has 0 saturated carbocycles. The van der Waals surface area contributed by atoms with Crippen molar-refractivity contribution in [1.82, 2.24) is 19.9 Å². The Morgan fingerprint density at radius 2 is 2.03 bits per heavy atom. The molecule has 170 valence electrons. The Kier molecular flexibility index (Phi) is 5.70. The van der Waals surface area contributed by atoms with Gasteiger partial charge >= 0.3 is 0 Å². The lowest BCUT2D eigenvalue weighted by Crippen LogP contribution is -2.25. The first-order valence-corrected chi connectivity index (χ1v) is 10.9. The second-order valence-electron chi connectivity index (χ2n) is 7.94. The molecule has 5 rings (SSSR count). The number of carbonyl (C=O) groups excluding carboxylic acids is 1. The third-order valence-corrected chi connectivity index (χ3v) is 5.52. The zero-order valence-electron chi connectivity index (χ0n) is 18.5. The number of benzene rings is 2. The Balaban J connectivity index is 1.28. The highest BCUT2D eigenvalue weighted by atomic mass is 16.3. The van der Waals surface area contributed by atoms with E-state index in [1.807, 2.05) is 43.3 Å². The Morgan fingerprint density at radius 1 is 1.15 bits per heavy atom. The van der Waals surface area contributed by atoms with Crippen molar-refractivity contribution in [3.05, 3.63) is 96.1 Å². The summed E-state index contributed by atoms with van der Waals surface area (Å²) in [5, 5.41) is 17.0. The topological polar surface area (TPSA) is 105 Å². The maximum absolute atomic E-state index is 12.6. The van der Waals surface area contributed by atoms with Crippen LogP contribution in [0.2, 0.25) is 0 Å². The number of carbonyl (C=O) groups is 1. The molecule has 0 unspecified atom stereocenters. The first kappa shape index (κ1) is 21.3. The Morgan fingerprint density at radius 3 is 2.91 bits per heavy atom. The van der Waals surface area contributed by atoms with Gasteiger partial charge in [-0.1, -0.05) is 18.2 Å². The van der Waals surface area contributed by atoms with Gasteiger partial charge in [0.15, 0.2) is 0 Å². The highest BCUT2D eigenvalue weighted by molar-refractivity contribution is 5.94. The zero-order chi connectivity index (χ0) is 23.5. The summed E-state index contributed by atoms with van der Waals surface area (Å²) in [7, 11) is 0. The van der Waals surface area contributed by atoms with Crippen LogP contribution in [0.5, 0.6) is 5.75 Å². The highest BCUT2D eigenvalue weighted by Crippen LogP contribution is 2.23. The van der Waals surface area contributed by atoms with E-state index < -0.39 is 0 Å². The molecule has 8 heteroatoms. The number of para-hydroxylation sites is 1. The lowest BCUT2D eigenvalue weighted by Gasteiger charge is -2.10. The molecule has 3 aromatic heterocycles. The Bertz CT molecular complexity index is 1470. The molecule has 0 spiro atoms. The molecule has 1 amide bonds. The van der Waals surface area contributed by atoms with Crippen LogP contribution in [0.25, 0.3) is 16.8 Å². The number of nitrogens with one attached hydrogen (secondary N) is 2. The number of hydrogen-bond acceptors (Lipinski definition) is 6. The molecule has 3 N–H and O–H groups in total. The molecular formula is C26H23N5O3. The molecule has 0 atom stereocenters. The summed E-state index contributed by atoms with van der Waals surface area (Å²) in [6, 6.07) is 16.5. The summed E-state index contributed by atoms with van der Waals surface area (Å²) in [4.78, 5) is 21.6. The molecule has 34 heavy (non-hydrogen) atoms. The third-order valence-electron chi connectivity index (χ3n) is 5.52. The van der Waals surface area contributed by atoms with Gasteiger partial charge in [0, 0.05) is 41.8 Å². The van der Waals surface area contributed by atoms with Crippen molar-refractivity contribution in [2.45, 2.75) is 13.3 Å². The minimum Gasteiger partial charge on any atom is -0.508 e. The number of aryl methyl sites for hydroxylation is 1. The van der Waals surface area contributed by atoms with Gasteiger partial charge in [0.05, 0.1) is 11.8 Å². The normalized spacial score (nSPS) is 11.0. The number of anilines is 2. The Labute approximate surface area is 195 Å². The largest absolute Gasteiger partial charge is 0.508 e. The number of aromatic nitrogens is 3. The van der Waals surface area contributed by atoms with E-state index in [2.05, 4.69) is 20.6 Å². The van der Waals surface area contributed by atoms with Crippen molar-refractivity contribution >= 4 is 28.5 Å². The van der Waals surface area contributed by atoms with E-state index in [-0.39, 0.29) is 11.7 Å². The molecule has 2 aromatic carbocycles. The Hall–Kier alpha value is -4.59. The van der Waals surface area contributed by atoms with E-state index in [4.69, 9.17) is 4.42 Å². The van der Waals surface area contributed by atoms with E-state index >= 15 is 0 Å². The number of furan rings is 1. The highest BCUT2D eigenvalue weighted by Gasteiger charge is 2.12. The maximum atomic E-state index is 12.6. The summed E-state index contributed by atoms with van der Waals surface area (Å²) in [6.45, 7) is 2.34. The molecule has 0 aliphatic heterocycles. The standard InChI is InChI=1S/C26H23N5O3/c1-17-15-28-26(29-21-6-7-23-19(14-21)10-13-34-23)30-24(17)31-12-9-20(16-31)25(33)27-11-8-18-4-2-3-5-22(18)32/h2-7,9-10,12-16,32H,8,11H2,1H3,(H,27,33)(H,28,29,30). The van der Waals surface area contributed by atoms with E-state index in [1.54, 1.807) is 47.6 Å². The van der Waals surface area contributed by atoms with E-state index in [9.17, 15) is 9.90 Å². The van der Waals surface area contributed by atoms with Crippen molar-refractivity contribution in [2.75, 3.05) is 11.9 Å². The fourth-order valence-electron chi connectivity index (χ4n) is 3.73. The van der Waals surface area contributed by atoms with Gasteiger partial charge in [-0.2, -0.15) is 4.98 Å². The van der Waals surface area contributed by atoms with E-state index in [0.717, 1.165) is 27.8 Å². The van der Waals surface area contributed by atoms with Crippen LogP contribution in [0.4, 0.5) is 11.6 Å². The lowest BCUT2D eigenvalue weighted by molar-refractivity contribution is 0.0954. The summed E-state index contributed by atoms with van der Waals surface area (Å²) in [6.07, 6.45) is 7.48. The van der Waals surface area contributed by atoms with Crippen molar-refractivity contribution in [3.8, 4) is 11.6 Å². The number of amides is 1. The SMILES string of the molecule is Cc1cnc(Nc2ccc3occc3c2)nc1-n1ccc(C(=O)NCCc2ccccc2O)c1. The summed E-state index contributed by atoms with van der Waals surface area (Å²) in [5.41, 5.74) is 3.85. The van der Waals surface area contributed by atoms with Gasteiger partial charge in [-0.15, -0.1) is 0 Å². The quantitative estimate of drug-likeness (QED) is 0.329. The molecule has 0 bridgehead atoms. The van der Waals surface area contributed by atoms with Crippen LogP contribution in [0.15, 0.2) is 83.9 Å². The minimum atomic E-state index is -0.187. The van der Waals surface area contributed by atoms with Crippen LogP contribution < -0.4 is 10.6 Å². The smallest absolute Gasteiger partial charge is 0.252 e. The summed E-state index contributed by atoms with van der Waals surface area (Å²) < 4.78 is 7.19. The second-order valence-corrected chi connectivity index (χ2v) is 7.94. The minimum absolute atomic E-state index is 0.187. The molecule has 0 fully saturated rings. The van der Waals surface area contributed by atoms with Crippen LogP contribution in [0, 0.1) is 6.92 Å². The number of phenolic OH excluding ortho intramolecular Hbond substituents is 1. The molecule has 0 aliphatic rings. The third kappa shape index (κ3) is 4.47. The van der Waals surface area contributed by atoms with E-state index in [0.29, 0.717) is 30.3 Å². The number of rotatable bonds is 7. The van der Waals surface area contributed by atoms with E-state index in [1.165, 1.54) is 0 Å². The number of phenols is 1. The molecule has 8 nitrogen and oxygen atoms in total. The molecular weight excluding hydrogens is 430 g/mol. The van der Waals surface area contributed by atoms with Gasteiger partial charge in [-0.25, -0.2) is 4.98 Å². The average Bonchev–Trinajstić information content (AvgIpc) is 3.51. The van der Waals surface area contributed by atoms with Gasteiger partial charge in [0.1, 0.15) is 17.2 Å². The first-order chi connectivity index (χ1) is 16.6. The molecule has 0 radical (unpaired) electrons. The fraction of sp³-hybridized carbons (Fsp3) is 0.115. The monoisotopic (exact) mass is 453 g/mol. The van der Waals surface area contributed by atoms with Crippen molar-refractivity contribution in [2.24, 2.45) is 0 Å². The molecule has 0 aliphatic carbocycles. The van der Waals surface area contributed by atoms with Gasteiger partial charge in [0.2, 0.25) is 5.95 Å². The maximum Gasteiger partial charge on any atom is 0.252 e. The van der Waals surface area contributed by atoms with Gasteiger partial charge in [0.25, 0.3) is 5.91 Å². The molecule has 3 heterocycles. The van der Waals surface area contributed by atoms with Crippen molar-refractivity contribution in [1.29, 1.82) is 0 Å². The van der Waals surface area contributed by atoms with Gasteiger partial charge in [-0.3, -0.25) is 4.79 Å². The predicted octanol–water partition coefficient (Wildman–Crippen LogP) is 4.74. The van der Waals surface area contributed by atoms with Crippen molar-refractivity contribution < 1.29 is 14.3 Å². The molecule has 5 aromatic rings. The van der Waals surface area contributed by atoms with Crippen LogP contribution in [-0.4, -0.2) is 32.1 Å². The second kappa shape index (κ2) is 9.11. The predicted molar refractivity (Wildman–Crippen MR) is 130 cm³/mol. The van der Waals surface area contributed by atoms with Crippen LogP contribution >= 0.6 is 0 Å². The number of nitrogens with zero attached hydrogens (tertiary/aromatic N) is 3. The first-order valence-electron chi connectivity index (χ1n) is 10.9. The lowest BCUT2D eigenvalue weighted by atomic mass is 10.1. The summed E-state index contributed by atoms with van der Waals surface area (Å²) in [5.74, 6) is 1.17. The number of hydrogen-bond donors (Lipinski definition) is 3. The van der Waals surface area contributed by atoms with Gasteiger partial charge in [-0.05, 0) is 55.3 Å². The average molecular weight is 454 g/mol.